The van der Waals surface area contributed by atoms with Crippen LogP contribution in [0.2, 0.25) is 0 Å². The summed E-state index contributed by atoms with van der Waals surface area (Å²) >= 11 is 0. The minimum Gasteiger partial charge on any atom is -1.00 e. The van der Waals surface area contributed by atoms with Crippen molar-refractivity contribution >= 4 is 11.4 Å². The van der Waals surface area contributed by atoms with Crippen LogP contribution in [0.3, 0.4) is 0 Å². The van der Waals surface area contributed by atoms with E-state index >= 15 is 0 Å². The zero-order valence-corrected chi connectivity index (χ0v) is 13.4. The van der Waals surface area contributed by atoms with Gasteiger partial charge in [-0.15, -0.1) is 0 Å². The van der Waals surface area contributed by atoms with Crippen molar-refractivity contribution in [2.45, 2.75) is 19.4 Å². The van der Waals surface area contributed by atoms with Crippen LogP contribution in [0.5, 0.6) is 0 Å². The second-order valence-electron chi connectivity index (χ2n) is 5.73. The lowest BCUT2D eigenvalue weighted by atomic mass is 10.2. The highest BCUT2D eigenvalue weighted by molar-refractivity contribution is 5.58. The van der Waals surface area contributed by atoms with Crippen LogP contribution >= 0.6 is 0 Å². The van der Waals surface area contributed by atoms with Gasteiger partial charge in [0.15, 0.2) is 0 Å². The topological polar surface area (TPSA) is 42.9 Å². The molecule has 1 aromatic rings. The van der Waals surface area contributed by atoms with E-state index in [0.717, 1.165) is 43.9 Å². The molecule has 114 valence electrons. The van der Waals surface area contributed by atoms with Gasteiger partial charge in [-0.1, -0.05) is 0 Å². The molecule has 0 aliphatic carbocycles. The summed E-state index contributed by atoms with van der Waals surface area (Å²) in [6, 6.07) is 6.27. The Morgan fingerprint density at radius 3 is 2.80 bits per heavy atom. The summed E-state index contributed by atoms with van der Waals surface area (Å²) in [4.78, 5) is 3.82. The van der Waals surface area contributed by atoms with Crippen molar-refractivity contribution in [3.63, 3.8) is 0 Å². The molecular weight excluding hydrogens is 274 g/mol. The number of quaternary nitrogens is 1. The van der Waals surface area contributed by atoms with E-state index in [1.165, 1.54) is 10.6 Å². The Hall–Kier alpha value is -0.970. The summed E-state index contributed by atoms with van der Waals surface area (Å²) in [6.07, 6.45) is 1.49. The van der Waals surface area contributed by atoms with Gasteiger partial charge in [0.05, 0.1) is 26.8 Å². The molecule has 1 aromatic carbocycles. The molecule has 1 aliphatic rings. The predicted octanol–water partition coefficient (Wildman–Crippen LogP) is -2.68. The van der Waals surface area contributed by atoms with Crippen LogP contribution in [-0.2, 0) is 4.74 Å². The van der Waals surface area contributed by atoms with Crippen LogP contribution in [0.15, 0.2) is 18.2 Å². The van der Waals surface area contributed by atoms with Crippen LogP contribution in [0.1, 0.15) is 12.0 Å². The fraction of sp³-hybridized carbons (Fsp3) is 0.600. The maximum absolute atomic E-state index is 5.93. The lowest BCUT2D eigenvalue weighted by Crippen LogP contribution is -3.06. The van der Waals surface area contributed by atoms with Crippen molar-refractivity contribution in [2.75, 3.05) is 51.0 Å². The third kappa shape index (κ3) is 4.54. The number of nitrogen functional groups attached to an aromatic ring is 1. The number of rotatable bonds is 5. The molecule has 1 saturated heterocycles. The predicted molar refractivity (Wildman–Crippen MR) is 79.8 cm³/mol. The lowest BCUT2D eigenvalue weighted by Gasteiger charge is -2.20. The highest BCUT2D eigenvalue weighted by Gasteiger charge is 2.23. The number of ether oxygens (including phenoxy) is 1. The van der Waals surface area contributed by atoms with Gasteiger partial charge in [-0.2, -0.15) is 0 Å². The number of hydrogen-bond donors (Lipinski definition) is 2. The van der Waals surface area contributed by atoms with E-state index in [9.17, 15) is 0 Å². The van der Waals surface area contributed by atoms with Crippen LogP contribution < -0.4 is 27.9 Å². The van der Waals surface area contributed by atoms with Gasteiger partial charge in [-0.25, -0.2) is 0 Å². The molecule has 0 amide bonds. The highest BCUT2D eigenvalue weighted by atomic mass is 35.5. The number of nitrogens with one attached hydrogen (secondary N) is 1. The summed E-state index contributed by atoms with van der Waals surface area (Å²) in [5, 5.41) is 0. The molecule has 1 atom stereocenters. The van der Waals surface area contributed by atoms with Crippen LogP contribution in [-0.4, -0.2) is 46.4 Å². The number of halogens is 1. The largest absolute Gasteiger partial charge is 1.00 e. The molecule has 1 fully saturated rings. The Balaban J connectivity index is 0.00000200. The Kier molecular flexibility index (Phi) is 6.59. The monoisotopic (exact) mass is 299 g/mol. The number of hydrogen-bond acceptors (Lipinski definition) is 3. The van der Waals surface area contributed by atoms with Gasteiger partial charge in [0, 0.05) is 24.5 Å². The van der Waals surface area contributed by atoms with E-state index in [-0.39, 0.29) is 12.4 Å². The molecule has 0 aromatic heterocycles. The third-order valence-corrected chi connectivity index (χ3v) is 3.72. The highest BCUT2D eigenvalue weighted by Crippen LogP contribution is 2.25. The zero-order chi connectivity index (χ0) is 13.8. The molecule has 0 radical (unpaired) electrons. The number of nitrogens with two attached hydrogens (primary N) is 1. The average Bonchev–Trinajstić information content (AvgIpc) is 2.81. The van der Waals surface area contributed by atoms with Gasteiger partial charge < -0.3 is 32.7 Å². The fourth-order valence-electron chi connectivity index (χ4n) is 2.39. The van der Waals surface area contributed by atoms with E-state index in [4.69, 9.17) is 10.5 Å². The molecule has 5 heteroatoms. The molecule has 0 spiro atoms. The Bertz CT molecular complexity index is 426. The summed E-state index contributed by atoms with van der Waals surface area (Å²) < 4.78 is 5.93. The van der Waals surface area contributed by atoms with Crippen LogP contribution in [0.25, 0.3) is 0 Å². The van der Waals surface area contributed by atoms with Gasteiger partial charge in [0.25, 0.3) is 0 Å². The van der Waals surface area contributed by atoms with Gasteiger partial charge in [-0.3, -0.25) is 0 Å². The summed E-state index contributed by atoms with van der Waals surface area (Å²) in [7, 11) is 4.31. The summed E-state index contributed by atoms with van der Waals surface area (Å²) in [6.45, 7) is 6.04. The van der Waals surface area contributed by atoms with Crippen LogP contribution in [0, 0.1) is 6.92 Å². The smallest absolute Gasteiger partial charge is 0.100 e. The molecule has 2 rings (SSSR count). The molecular formula is C15H26ClN3O. The first-order valence-electron chi connectivity index (χ1n) is 7.08. The fourth-order valence-corrected chi connectivity index (χ4v) is 2.39. The molecule has 1 aliphatic heterocycles. The van der Waals surface area contributed by atoms with E-state index in [2.05, 4.69) is 38.1 Å². The van der Waals surface area contributed by atoms with Crippen molar-refractivity contribution in [3.05, 3.63) is 23.8 Å². The first kappa shape index (κ1) is 17.1. The maximum Gasteiger partial charge on any atom is 0.100 e. The second-order valence-corrected chi connectivity index (χ2v) is 5.73. The standard InChI is InChI=1S/C15H25N3O.ClH/c1-12-10-13(4-5-15(12)16)18-7-6-14(11-18)19-9-8-17(2)3;/h4-5,10,14H,6-9,11,16H2,1-3H3;1H. The third-order valence-electron chi connectivity index (χ3n) is 3.72. The van der Waals surface area contributed by atoms with Crippen LogP contribution in [0.4, 0.5) is 11.4 Å². The first-order valence-corrected chi connectivity index (χ1v) is 7.08. The zero-order valence-electron chi connectivity index (χ0n) is 12.7. The van der Waals surface area contributed by atoms with E-state index in [1.54, 1.807) is 0 Å². The normalized spacial score (nSPS) is 18.4. The molecule has 1 heterocycles. The Morgan fingerprint density at radius 2 is 2.15 bits per heavy atom. The van der Waals surface area contributed by atoms with Gasteiger partial charge >= 0.3 is 0 Å². The number of likely N-dealkylation sites (N-methyl/N-ethyl adjacent to an activating group) is 1. The van der Waals surface area contributed by atoms with Crippen molar-refractivity contribution in [3.8, 4) is 0 Å². The number of benzene rings is 1. The second kappa shape index (κ2) is 7.72. The van der Waals surface area contributed by atoms with E-state index in [1.807, 2.05) is 6.07 Å². The minimum atomic E-state index is 0. The van der Waals surface area contributed by atoms with Gasteiger partial charge in [0.1, 0.15) is 6.54 Å². The maximum atomic E-state index is 5.93. The quantitative estimate of drug-likeness (QED) is 0.583. The first-order chi connectivity index (χ1) is 9.06. The van der Waals surface area contributed by atoms with Crippen molar-refractivity contribution in [1.29, 1.82) is 0 Å². The minimum absolute atomic E-state index is 0. The average molecular weight is 300 g/mol. The molecule has 1 unspecified atom stereocenters. The summed E-state index contributed by atoms with van der Waals surface area (Å²) in [5.41, 5.74) is 9.14. The molecule has 0 bridgehead atoms. The Morgan fingerprint density at radius 1 is 1.40 bits per heavy atom. The summed E-state index contributed by atoms with van der Waals surface area (Å²) in [5.74, 6) is 0. The van der Waals surface area contributed by atoms with Crippen molar-refractivity contribution in [1.82, 2.24) is 0 Å². The van der Waals surface area contributed by atoms with Gasteiger partial charge in [0.2, 0.25) is 0 Å². The van der Waals surface area contributed by atoms with Crippen molar-refractivity contribution < 1.29 is 22.0 Å². The number of nitrogens with zero attached hydrogens (tertiary/aromatic N) is 1. The van der Waals surface area contributed by atoms with E-state index in [0.29, 0.717) is 6.10 Å². The van der Waals surface area contributed by atoms with Gasteiger partial charge in [-0.05, 0) is 37.1 Å². The molecule has 4 nitrogen and oxygen atoms in total. The van der Waals surface area contributed by atoms with E-state index < -0.39 is 0 Å². The number of anilines is 2. The molecule has 3 N–H and O–H groups in total. The Labute approximate surface area is 128 Å². The lowest BCUT2D eigenvalue weighted by molar-refractivity contribution is -0.858. The molecule has 20 heavy (non-hydrogen) atoms. The molecule has 0 saturated carbocycles. The number of aryl methyl sites for hydroxylation is 1. The van der Waals surface area contributed by atoms with Crippen molar-refractivity contribution in [2.24, 2.45) is 0 Å². The SMILES string of the molecule is Cc1cc(N2CCC(OCC[NH+](C)C)C2)ccc1N.[Cl-].